The minimum atomic E-state index is -0.495. The van der Waals surface area contributed by atoms with Crippen LogP contribution in [-0.2, 0) is 0 Å². The number of halogens is 2. The number of fused-ring (bicyclic) bond motifs is 1. The Bertz CT molecular complexity index is 1310. The predicted octanol–water partition coefficient (Wildman–Crippen LogP) is 5.79. The largest absolute Gasteiger partial charge is 0.280 e. The van der Waals surface area contributed by atoms with Gasteiger partial charge >= 0.3 is 0 Å². The molecule has 0 atom stereocenters. The van der Waals surface area contributed by atoms with Crippen LogP contribution in [0.3, 0.4) is 0 Å². The van der Waals surface area contributed by atoms with E-state index in [0.29, 0.717) is 16.2 Å². The second kappa shape index (κ2) is 8.70. The Labute approximate surface area is 187 Å². The van der Waals surface area contributed by atoms with Crippen LogP contribution in [0.5, 0.6) is 0 Å². The van der Waals surface area contributed by atoms with Gasteiger partial charge in [-0.3, -0.25) is 14.9 Å². The highest BCUT2D eigenvalue weighted by molar-refractivity contribution is 9.10. The Hall–Kier alpha value is -3.50. The summed E-state index contributed by atoms with van der Waals surface area (Å²) < 4.78 is 15.0. The Morgan fingerprint density at radius 3 is 2.52 bits per heavy atom. The molecule has 1 heterocycles. The number of carbonyl (C=O) groups is 1. The number of benzene rings is 3. The molecule has 0 unspecified atom stereocenters. The lowest BCUT2D eigenvalue weighted by Crippen LogP contribution is -2.25. The number of hydrogen-bond donors (Lipinski definition) is 0. The number of hydrogen-bond acceptors (Lipinski definition) is 6. The summed E-state index contributed by atoms with van der Waals surface area (Å²) in [6.07, 6.45) is 1.41. The summed E-state index contributed by atoms with van der Waals surface area (Å²) in [6.45, 7) is 0. The van der Waals surface area contributed by atoms with Crippen molar-refractivity contribution < 1.29 is 14.1 Å². The molecule has 0 saturated heterocycles. The first-order valence-corrected chi connectivity index (χ1v) is 10.5. The smallest absolute Gasteiger partial charge is 0.267 e. The SMILES string of the molecule is O=C(c1ccc(F)cc1)N(/N=C/c1ccc([N+](=O)[O-])cc1)c1nc2ccc(Br)cc2s1. The monoisotopic (exact) mass is 498 g/mol. The van der Waals surface area contributed by atoms with Gasteiger partial charge in [0, 0.05) is 22.2 Å². The number of nitrogens with zero attached hydrogens (tertiary/aromatic N) is 4. The molecule has 31 heavy (non-hydrogen) atoms. The first kappa shape index (κ1) is 20.8. The van der Waals surface area contributed by atoms with Gasteiger partial charge in [-0.1, -0.05) is 27.3 Å². The van der Waals surface area contributed by atoms with Crippen molar-refractivity contribution in [3.8, 4) is 0 Å². The zero-order valence-corrected chi connectivity index (χ0v) is 18.0. The molecule has 0 bridgehead atoms. The highest BCUT2D eigenvalue weighted by Gasteiger charge is 2.21. The molecule has 1 amide bonds. The van der Waals surface area contributed by atoms with E-state index in [4.69, 9.17) is 0 Å². The van der Waals surface area contributed by atoms with Gasteiger partial charge in [0.15, 0.2) is 0 Å². The van der Waals surface area contributed by atoms with Gasteiger partial charge in [0.2, 0.25) is 5.13 Å². The first-order chi connectivity index (χ1) is 14.9. The van der Waals surface area contributed by atoms with Gasteiger partial charge in [-0.2, -0.15) is 10.1 Å². The maximum Gasteiger partial charge on any atom is 0.280 e. The molecule has 1 aromatic heterocycles. The number of non-ortho nitro benzene ring substituents is 1. The standard InChI is InChI=1S/C21H12BrFN4O3S/c22-15-5-10-18-19(11-15)31-21(25-18)26(20(28)14-3-6-16(23)7-4-14)24-12-13-1-8-17(9-2-13)27(29)30/h1-12H/b24-12+. The molecule has 4 rings (SSSR count). The fourth-order valence-electron chi connectivity index (χ4n) is 2.69. The van der Waals surface area contributed by atoms with Crippen LogP contribution in [0.1, 0.15) is 15.9 Å². The molecule has 0 aliphatic carbocycles. The van der Waals surface area contributed by atoms with Crippen LogP contribution in [0, 0.1) is 15.9 Å². The van der Waals surface area contributed by atoms with E-state index in [9.17, 15) is 19.3 Å². The number of nitro groups is 1. The summed E-state index contributed by atoms with van der Waals surface area (Å²) in [5, 5.41) is 16.6. The van der Waals surface area contributed by atoms with Crippen molar-refractivity contribution >= 4 is 60.4 Å². The third-order valence-electron chi connectivity index (χ3n) is 4.23. The Morgan fingerprint density at radius 2 is 1.84 bits per heavy atom. The van der Waals surface area contributed by atoms with E-state index < -0.39 is 16.6 Å². The maximum absolute atomic E-state index is 13.3. The molecule has 154 valence electrons. The van der Waals surface area contributed by atoms with Crippen molar-refractivity contribution in [3.05, 3.63) is 98.3 Å². The summed E-state index contributed by atoms with van der Waals surface area (Å²) >= 11 is 4.69. The summed E-state index contributed by atoms with van der Waals surface area (Å²) in [5.74, 6) is -0.946. The molecule has 0 spiro atoms. The number of nitro benzene ring substituents is 1. The number of aromatic nitrogens is 1. The van der Waals surface area contributed by atoms with Crippen molar-refractivity contribution in [1.82, 2.24) is 4.98 Å². The summed E-state index contributed by atoms with van der Waals surface area (Å²) in [4.78, 5) is 27.9. The van der Waals surface area contributed by atoms with Gasteiger partial charge in [-0.05, 0) is 60.2 Å². The molecule has 0 N–H and O–H groups in total. The lowest BCUT2D eigenvalue weighted by atomic mass is 10.2. The third-order valence-corrected chi connectivity index (χ3v) is 5.72. The number of carbonyl (C=O) groups excluding carboxylic acids is 1. The topological polar surface area (TPSA) is 88.7 Å². The second-order valence-electron chi connectivity index (χ2n) is 6.33. The average Bonchev–Trinajstić information content (AvgIpc) is 3.17. The number of rotatable bonds is 5. The van der Waals surface area contributed by atoms with Crippen molar-refractivity contribution in [2.45, 2.75) is 0 Å². The van der Waals surface area contributed by atoms with Gasteiger partial charge in [0.05, 0.1) is 21.4 Å². The Kier molecular flexibility index (Phi) is 5.83. The molecule has 4 aromatic rings. The molecule has 0 aliphatic heterocycles. The van der Waals surface area contributed by atoms with E-state index in [1.807, 2.05) is 18.2 Å². The Morgan fingerprint density at radius 1 is 1.13 bits per heavy atom. The van der Waals surface area contributed by atoms with E-state index >= 15 is 0 Å². The highest BCUT2D eigenvalue weighted by atomic mass is 79.9. The van der Waals surface area contributed by atoms with Crippen LogP contribution in [0.15, 0.2) is 76.3 Å². The summed E-state index contributed by atoms with van der Waals surface area (Å²) in [5.41, 5.74) is 1.45. The quantitative estimate of drug-likeness (QED) is 0.198. The highest BCUT2D eigenvalue weighted by Crippen LogP contribution is 2.32. The molecule has 0 radical (unpaired) electrons. The zero-order valence-electron chi connectivity index (χ0n) is 15.6. The van der Waals surface area contributed by atoms with Gasteiger partial charge < -0.3 is 0 Å². The molecule has 0 saturated carbocycles. The minimum Gasteiger partial charge on any atom is -0.267 e. The van der Waals surface area contributed by atoms with Crippen LogP contribution in [0.25, 0.3) is 10.2 Å². The van der Waals surface area contributed by atoms with Crippen LogP contribution in [-0.4, -0.2) is 22.0 Å². The first-order valence-electron chi connectivity index (χ1n) is 8.85. The number of amides is 1. The molecule has 10 heteroatoms. The van der Waals surface area contributed by atoms with Crippen LogP contribution in [0.2, 0.25) is 0 Å². The van der Waals surface area contributed by atoms with E-state index in [2.05, 4.69) is 26.0 Å². The predicted molar refractivity (Wildman–Crippen MR) is 121 cm³/mol. The molecule has 7 nitrogen and oxygen atoms in total. The molecule has 0 fully saturated rings. The molecular formula is C21H12BrFN4O3S. The van der Waals surface area contributed by atoms with Crippen LogP contribution >= 0.6 is 27.3 Å². The van der Waals surface area contributed by atoms with Crippen LogP contribution < -0.4 is 5.01 Å². The van der Waals surface area contributed by atoms with E-state index in [1.54, 1.807) is 0 Å². The van der Waals surface area contributed by atoms with Gasteiger partial charge in [0.25, 0.3) is 11.6 Å². The maximum atomic E-state index is 13.3. The normalized spacial score (nSPS) is 11.2. The minimum absolute atomic E-state index is 0.0480. The Balaban J connectivity index is 1.73. The van der Waals surface area contributed by atoms with Gasteiger partial charge in [-0.15, -0.1) is 0 Å². The number of anilines is 1. The van der Waals surface area contributed by atoms with Crippen molar-refractivity contribution in [2.24, 2.45) is 5.10 Å². The van der Waals surface area contributed by atoms with E-state index in [0.717, 1.165) is 14.2 Å². The van der Waals surface area contributed by atoms with E-state index in [-0.39, 0.29) is 11.3 Å². The molecular weight excluding hydrogens is 487 g/mol. The zero-order chi connectivity index (χ0) is 22.0. The summed E-state index contributed by atoms with van der Waals surface area (Å²) in [7, 11) is 0. The summed E-state index contributed by atoms with van der Waals surface area (Å²) in [6, 6.07) is 16.4. The van der Waals surface area contributed by atoms with Crippen molar-refractivity contribution in [2.75, 3.05) is 5.01 Å². The molecule has 3 aromatic carbocycles. The van der Waals surface area contributed by atoms with Gasteiger partial charge in [-0.25, -0.2) is 9.37 Å². The van der Waals surface area contributed by atoms with E-state index in [1.165, 1.54) is 66.1 Å². The fraction of sp³-hybridized carbons (Fsp3) is 0. The second-order valence-corrected chi connectivity index (χ2v) is 8.25. The lowest BCUT2D eigenvalue weighted by molar-refractivity contribution is -0.384. The lowest BCUT2D eigenvalue weighted by Gasteiger charge is -2.13. The fourth-order valence-corrected chi connectivity index (χ4v) is 4.16. The van der Waals surface area contributed by atoms with Crippen LogP contribution in [0.4, 0.5) is 15.2 Å². The van der Waals surface area contributed by atoms with Gasteiger partial charge in [0.1, 0.15) is 5.82 Å². The number of thiazole rings is 1. The van der Waals surface area contributed by atoms with Crippen molar-refractivity contribution in [3.63, 3.8) is 0 Å². The van der Waals surface area contributed by atoms with Crippen molar-refractivity contribution in [1.29, 1.82) is 0 Å². The number of hydrazone groups is 1. The third kappa shape index (κ3) is 4.65. The average molecular weight is 499 g/mol. The molecule has 0 aliphatic rings.